The molecule has 0 N–H and O–H groups in total. The van der Waals surface area contributed by atoms with Crippen LogP contribution < -0.4 is 0 Å². The summed E-state index contributed by atoms with van der Waals surface area (Å²) in [4.78, 5) is 4.45. The molecule has 0 aliphatic carbocycles. The van der Waals surface area contributed by atoms with Crippen molar-refractivity contribution in [2.45, 2.75) is 6.42 Å². The van der Waals surface area contributed by atoms with Gasteiger partial charge in [0.15, 0.2) is 0 Å². The Morgan fingerprint density at radius 2 is 1.88 bits per heavy atom. The van der Waals surface area contributed by atoms with Gasteiger partial charge in [0.05, 0.1) is 5.69 Å². The van der Waals surface area contributed by atoms with E-state index in [4.69, 9.17) is 0 Å². The number of aromatic nitrogens is 1. The number of allylic oxidation sites excluding steroid dienone is 1. The number of benzene rings is 1. The van der Waals surface area contributed by atoms with E-state index in [9.17, 15) is 0 Å². The lowest BCUT2D eigenvalue weighted by Gasteiger charge is -2.02. The van der Waals surface area contributed by atoms with Crippen molar-refractivity contribution < 1.29 is 0 Å². The van der Waals surface area contributed by atoms with Crippen LogP contribution in [0.15, 0.2) is 55.3 Å². The van der Waals surface area contributed by atoms with Crippen LogP contribution in [0.5, 0.6) is 0 Å². The van der Waals surface area contributed by atoms with E-state index in [0.717, 1.165) is 17.7 Å². The van der Waals surface area contributed by atoms with Crippen LogP contribution in [-0.2, 0) is 6.42 Å². The summed E-state index contributed by atoms with van der Waals surface area (Å²) in [6.07, 6.45) is 4.68. The molecule has 1 aromatic carbocycles. The third-order valence-corrected chi connectivity index (χ3v) is 3.06. The van der Waals surface area contributed by atoms with E-state index in [2.05, 4.69) is 70.6 Å². The van der Waals surface area contributed by atoms with Crippen molar-refractivity contribution in [3.63, 3.8) is 0 Å². The first-order chi connectivity index (χ1) is 7.79. The van der Waals surface area contributed by atoms with Crippen molar-refractivity contribution in [1.82, 2.24) is 4.98 Å². The van der Waals surface area contributed by atoms with Crippen LogP contribution >= 0.6 is 22.6 Å². The predicted molar refractivity (Wildman–Crippen MR) is 76.3 cm³/mol. The molecule has 0 amide bonds. The van der Waals surface area contributed by atoms with Gasteiger partial charge in [0.1, 0.15) is 0 Å². The Balaban J connectivity index is 2.27. The lowest BCUT2D eigenvalue weighted by atomic mass is 10.1. The fourth-order valence-corrected chi connectivity index (χ4v) is 1.86. The molecule has 0 bridgehead atoms. The highest BCUT2D eigenvalue weighted by Crippen LogP contribution is 2.18. The van der Waals surface area contributed by atoms with E-state index in [1.165, 1.54) is 9.13 Å². The van der Waals surface area contributed by atoms with Crippen molar-refractivity contribution >= 4 is 22.6 Å². The molecule has 1 aromatic heterocycles. The lowest BCUT2D eigenvalue weighted by Crippen LogP contribution is -1.87. The lowest BCUT2D eigenvalue weighted by molar-refractivity contribution is 1.20. The summed E-state index contributed by atoms with van der Waals surface area (Å²) in [6.45, 7) is 3.72. The van der Waals surface area contributed by atoms with Crippen LogP contribution in [0.4, 0.5) is 0 Å². The predicted octanol–water partition coefficient (Wildman–Crippen LogP) is 4.08. The molecule has 0 saturated heterocycles. The Morgan fingerprint density at radius 3 is 2.44 bits per heavy atom. The first-order valence-corrected chi connectivity index (χ1v) is 6.19. The molecule has 0 fully saturated rings. The number of hydrogen-bond donors (Lipinski definition) is 0. The zero-order valence-corrected chi connectivity index (χ0v) is 11.0. The van der Waals surface area contributed by atoms with Gasteiger partial charge in [-0.3, -0.25) is 4.98 Å². The Labute approximate surface area is 109 Å². The molecule has 1 nitrogen and oxygen atoms in total. The molecule has 80 valence electrons. The van der Waals surface area contributed by atoms with Crippen LogP contribution in [0.1, 0.15) is 5.56 Å². The summed E-state index contributed by atoms with van der Waals surface area (Å²) in [7, 11) is 0. The molecule has 0 radical (unpaired) electrons. The summed E-state index contributed by atoms with van der Waals surface area (Å²) in [5.74, 6) is 0. The summed E-state index contributed by atoms with van der Waals surface area (Å²) >= 11 is 2.30. The minimum Gasteiger partial charge on any atom is -0.256 e. The Bertz CT molecular complexity index is 471. The van der Waals surface area contributed by atoms with Gasteiger partial charge < -0.3 is 0 Å². The molecule has 0 aliphatic heterocycles. The van der Waals surface area contributed by atoms with Gasteiger partial charge in [-0.25, -0.2) is 0 Å². The van der Waals surface area contributed by atoms with E-state index in [-0.39, 0.29) is 0 Å². The topological polar surface area (TPSA) is 12.9 Å². The minimum atomic E-state index is 0.875. The highest BCUT2D eigenvalue weighted by molar-refractivity contribution is 14.1. The first-order valence-electron chi connectivity index (χ1n) is 5.11. The van der Waals surface area contributed by atoms with E-state index < -0.39 is 0 Å². The summed E-state index contributed by atoms with van der Waals surface area (Å²) in [5.41, 5.74) is 3.37. The van der Waals surface area contributed by atoms with Crippen molar-refractivity contribution in [2.24, 2.45) is 0 Å². The third kappa shape index (κ3) is 2.70. The van der Waals surface area contributed by atoms with E-state index in [1.54, 1.807) is 0 Å². The largest absolute Gasteiger partial charge is 0.256 e. The van der Waals surface area contributed by atoms with E-state index >= 15 is 0 Å². The molecule has 0 atom stereocenters. The summed E-state index contributed by atoms with van der Waals surface area (Å²) in [6, 6.07) is 12.5. The van der Waals surface area contributed by atoms with Gasteiger partial charge in [-0.2, -0.15) is 0 Å². The summed E-state index contributed by atoms with van der Waals surface area (Å²) in [5, 5.41) is 0. The first kappa shape index (κ1) is 11.3. The van der Waals surface area contributed by atoms with Crippen molar-refractivity contribution in [1.29, 1.82) is 0 Å². The second-order valence-electron chi connectivity index (χ2n) is 3.55. The second kappa shape index (κ2) is 5.25. The van der Waals surface area contributed by atoms with Crippen molar-refractivity contribution in [3.05, 3.63) is 64.4 Å². The quantitative estimate of drug-likeness (QED) is 0.613. The van der Waals surface area contributed by atoms with Gasteiger partial charge in [-0.05, 0) is 52.8 Å². The normalized spacial score (nSPS) is 10.1. The smallest absolute Gasteiger partial charge is 0.0702 e. The fraction of sp³-hybridized carbons (Fsp3) is 0.0714. The molecular weight excluding hydrogens is 309 g/mol. The number of pyridine rings is 1. The van der Waals surface area contributed by atoms with Crippen molar-refractivity contribution in [2.75, 3.05) is 0 Å². The van der Waals surface area contributed by atoms with Gasteiger partial charge >= 0.3 is 0 Å². The maximum absolute atomic E-state index is 4.45. The molecule has 0 spiro atoms. The van der Waals surface area contributed by atoms with E-state index in [0.29, 0.717) is 0 Å². The average molecular weight is 321 g/mol. The van der Waals surface area contributed by atoms with Gasteiger partial charge in [0.25, 0.3) is 0 Å². The third-order valence-electron chi connectivity index (χ3n) is 2.34. The fourth-order valence-electron chi connectivity index (χ4n) is 1.50. The Morgan fingerprint density at radius 1 is 1.12 bits per heavy atom. The molecular formula is C14H12IN. The molecule has 16 heavy (non-hydrogen) atoms. The second-order valence-corrected chi connectivity index (χ2v) is 4.80. The van der Waals surface area contributed by atoms with Gasteiger partial charge in [-0.15, -0.1) is 6.58 Å². The van der Waals surface area contributed by atoms with Crippen LogP contribution in [-0.4, -0.2) is 4.98 Å². The maximum atomic E-state index is 4.45. The zero-order chi connectivity index (χ0) is 11.4. The minimum absolute atomic E-state index is 0.875. The van der Waals surface area contributed by atoms with Crippen LogP contribution in [0.3, 0.4) is 0 Å². The molecule has 0 saturated carbocycles. The number of nitrogens with zero attached hydrogens (tertiary/aromatic N) is 1. The van der Waals surface area contributed by atoms with Gasteiger partial charge in [-0.1, -0.05) is 24.3 Å². The zero-order valence-electron chi connectivity index (χ0n) is 8.86. The maximum Gasteiger partial charge on any atom is 0.0702 e. The molecule has 2 aromatic rings. The molecule has 0 unspecified atom stereocenters. The number of halogens is 1. The van der Waals surface area contributed by atoms with E-state index in [1.807, 2.05) is 12.3 Å². The molecule has 2 rings (SSSR count). The van der Waals surface area contributed by atoms with Crippen LogP contribution in [0, 0.1) is 3.57 Å². The molecule has 1 heterocycles. The highest BCUT2D eigenvalue weighted by Gasteiger charge is 1.98. The van der Waals surface area contributed by atoms with Crippen LogP contribution in [0.2, 0.25) is 0 Å². The van der Waals surface area contributed by atoms with Gasteiger partial charge in [0, 0.05) is 15.3 Å². The SMILES string of the molecule is C=CCc1ccc(-c2ccc(I)cc2)nc1. The Kier molecular flexibility index (Phi) is 3.72. The highest BCUT2D eigenvalue weighted by atomic mass is 127. The average Bonchev–Trinajstić information content (AvgIpc) is 2.32. The van der Waals surface area contributed by atoms with Gasteiger partial charge in [0.2, 0.25) is 0 Å². The number of hydrogen-bond acceptors (Lipinski definition) is 1. The number of rotatable bonds is 3. The Hall–Kier alpha value is -1.16. The molecule has 2 heteroatoms. The van der Waals surface area contributed by atoms with Crippen molar-refractivity contribution in [3.8, 4) is 11.3 Å². The molecule has 0 aliphatic rings. The summed E-state index contributed by atoms with van der Waals surface area (Å²) < 4.78 is 1.24. The van der Waals surface area contributed by atoms with Crippen LogP contribution in [0.25, 0.3) is 11.3 Å². The monoisotopic (exact) mass is 321 g/mol. The standard InChI is InChI=1S/C14H12IN/c1-2-3-11-4-9-14(16-10-11)12-5-7-13(15)8-6-12/h2,4-10H,1,3H2.